The first-order valence-electron chi connectivity index (χ1n) is 10.8. The van der Waals surface area contributed by atoms with Gasteiger partial charge in [-0.15, -0.1) is 0 Å². The second-order valence-electron chi connectivity index (χ2n) is 8.12. The minimum absolute atomic E-state index is 0.0643. The quantitative estimate of drug-likeness (QED) is 0.666. The largest absolute Gasteiger partial charge is 0.476 e. The number of hydrogen-bond acceptors (Lipinski definition) is 5. The predicted octanol–water partition coefficient (Wildman–Crippen LogP) is 2.55. The lowest BCUT2D eigenvalue weighted by Crippen LogP contribution is -2.51. The fourth-order valence-electron chi connectivity index (χ4n) is 4.04. The van der Waals surface area contributed by atoms with Crippen molar-refractivity contribution in [2.75, 3.05) is 37.0 Å². The number of para-hydroxylation sites is 2. The fraction of sp³-hybridized carbons (Fsp3) is 0.435. The Kier molecular flexibility index (Phi) is 6.48. The van der Waals surface area contributed by atoms with Crippen LogP contribution in [0.5, 0.6) is 5.75 Å². The summed E-state index contributed by atoms with van der Waals surface area (Å²) in [5.74, 6) is 0.0988. The Bertz CT molecular complexity index is 1020. The Morgan fingerprint density at radius 3 is 2.55 bits per heavy atom. The van der Waals surface area contributed by atoms with Crippen molar-refractivity contribution in [3.8, 4) is 5.75 Å². The molecule has 2 aromatic rings. The molecule has 0 aromatic heterocycles. The molecular weight excluding hydrogens is 414 g/mol. The molecule has 2 aromatic carbocycles. The van der Waals surface area contributed by atoms with Crippen LogP contribution >= 0.6 is 0 Å². The van der Waals surface area contributed by atoms with Gasteiger partial charge < -0.3 is 15.0 Å². The standard InChI is InChI=1S/C23H29N3O4S/c1-18-9-11-19(12-10-18)31(28,29)26-17-22(30-21-8-3-2-7-20(21)26)23(27)24-13-6-16-25-14-4-5-15-25/h2-3,7-12,22H,4-6,13-17H2,1H3,(H,24,27). The van der Waals surface area contributed by atoms with Crippen molar-refractivity contribution in [1.29, 1.82) is 0 Å². The van der Waals surface area contributed by atoms with E-state index in [9.17, 15) is 13.2 Å². The van der Waals surface area contributed by atoms with Crippen molar-refractivity contribution in [1.82, 2.24) is 10.2 Å². The number of amides is 1. The van der Waals surface area contributed by atoms with Crippen LogP contribution in [0.15, 0.2) is 53.4 Å². The lowest BCUT2D eigenvalue weighted by Gasteiger charge is -2.34. The summed E-state index contributed by atoms with van der Waals surface area (Å²) >= 11 is 0. The van der Waals surface area contributed by atoms with Crippen LogP contribution < -0.4 is 14.4 Å². The molecule has 2 aliphatic rings. The van der Waals surface area contributed by atoms with E-state index in [-0.39, 0.29) is 17.3 Å². The van der Waals surface area contributed by atoms with Gasteiger partial charge >= 0.3 is 0 Å². The molecule has 2 heterocycles. The zero-order chi connectivity index (χ0) is 21.8. The average Bonchev–Trinajstić information content (AvgIpc) is 3.29. The van der Waals surface area contributed by atoms with Gasteiger partial charge in [-0.05, 0) is 70.1 Å². The molecule has 0 aliphatic carbocycles. The maximum atomic E-state index is 13.4. The van der Waals surface area contributed by atoms with E-state index in [2.05, 4.69) is 10.2 Å². The summed E-state index contributed by atoms with van der Waals surface area (Å²) in [5, 5.41) is 2.91. The lowest BCUT2D eigenvalue weighted by molar-refractivity contribution is -0.127. The van der Waals surface area contributed by atoms with Gasteiger partial charge in [0, 0.05) is 6.54 Å². The number of benzene rings is 2. The number of carbonyl (C=O) groups excluding carboxylic acids is 1. The number of hydrogen-bond donors (Lipinski definition) is 1. The highest BCUT2D eigenvalue weighted by Crippen LogP contribution is 2.36. The first kappa shape index (κ1) is 21.6. The third-order valence-electron chi connectivity index (χ3n) is 5.79. The van der Waals surface area contributed by atoms with Crippen molar-refractivity contribution in [2.24, 2.45) is 0 Å². The fourth-order valence-corrected chi connectivity index (χ4v) is 5.51. The van der Waals surface area contributed by atoms with E-state index < -0.39 is 16.1 Å². The normalized spacial score (nSPS) is 19.0. The van der Waals surface area contributed by atoms with Gasteiger partial charge in [0.1, 0.15) is 5.75 Å². The van der Waals surface area contributed by atoms with E-state index in [1.54, 1.807) is 48.5 Å². The summed E-state index contributed by atoms with van der Waals surface area (Å²) in [6.07, 6.45) is 2.45. The van der Waals surface area contributed by atoms with Crippen LogP contribution in [0.2, 0.25) is 0 Å². The molecule has 1 amide bonds. The number of nitrogens with zero attached hydrogens (tertiary/aromatic N) is 2. The molecule has 0 spiro atoms. The molecule has 31 heavy (non-hydrogen) atoms. The topological polar surface area (TPSA) is 79.0 Å². The molecule has 0 saturated carbocycles. The van der Waals surface area contributed by atoms with Crippen molar-refractivity contribution in [3.63, 3.8) is 0 Å². The molecule has 7 nitrogen and oxygen atoms in total. The summed E-state index contributed by atoms with van der Waals surface area (Å²) in [6, 6.07) is 13.6. The highest BCUT2D eigenvalue weighted by Gasteiger charge is 2.37. The number of carbonyl (C=O) groups is 1. The van der Waals surface area contributed by atoms with Crippen LogP contribution in [0.1, 0.15) is 24.8 Å². The molecule has 8 heteroatoms. The van der Waals surface area contributed by atoms with E-state index in [1.165, 1.54) is 17.1 Å². The van der Waals surface area contributed by atoms with Crippen LogP contribution in [0.3, 0.4) is 0 Å². The Labute approximate surface area is 184 Å². The number of rotatable bonds is 7. The van der Waals surface area contributed by atoms with E-state index in [0.29, 0.717) is 18.0 Å². The molecule has 1 fully saturated rings. The molecule has 0 bridgehead atoms. The molecule has 4 rings (SSSR count). The number of fused-ring (bicyclic) bond motifs is 1. The van der Waals surface area contributed by atoms with Crippen molar-refractivity contribution < 1.29 is 17.9 Å². The SMILES string of the molecule is Cc1ccc(S(=O)(=O)N2CC(C(=O)NCCCN3CCCC3)Oc3ccccc32)cc1. The summed E-state index contributed by atoms with van der Waals surface area (Å²) in [6.45, 7) is 5.60. The van der Waals surface area contributed by atoms with Crippen LogP contribution in [-0.2, 0) is 14.8 Å². The number of sulfonamides is 1. The number of nitrogens with one attached hydrogen (secondary N) is 1. The maximum Gasteiger partial charge on any atom is 0.264 e. The summed E-state index contributed by atoms with van der Waals surface area (Å²) in [7, 11) is -3.83. The van der Waals surface area contributed by atoms with Gasteiger partial charge in [0.05, 0.1) is 17.1 Å². The van der Waals surface area contributed by atoms with E-state index in [1.807, 2.05) is 6.92 Å². The summed E-state index contributed by atoms with van der Waals surface area (Å²) in [5.41, 5.74) is 1.42. The number of aryl methyl sites for hydroxylation is 1. The second kappa shape index (κ2) is 9.28. The van der Waals surface area contributed by atoms with Gasteiger partial charge in [-0.1, -0.05) is 29.8 Å². The van der Waals surface area contributed by atoms with Gasteiger partial charge in [-0.25, -0.2) is 8.42 Å². The molecule has 1 N–H and O–H groups in total. The Hall–Kier alpha value is -2.58. The van der Waals surface area contributed by atoms with Gasteiger partial charge in [0.2, 0.25) is 0 Å². The lowest BCUT2D eigenvalue weighted by atomic mass is 10.2. The van der Waals surface area contributed by atoms with Gasteiger partial charge in [0.25, 0.3) is 15.9 Å². The number of ether oxygens (including phenoxy) is 1. The molecule has 1 unspecified atom stereocenters. The Balaban J connectivity index is 1.47. The predicted molar refractivity (Wildman–Crippen MR) is 120 cm³/mol. The molecule has 2 aliphatic heterocycles. The van der Waals surface area contributed by atoms with Crippen molar-refractivity contribution in [2.45, 2.75) is 37.2 Å². The van der Waals surface area contributed by atoms with Crippen molar-refractivity contribution in [3.05, 3.63) is 54.1 Å². The maximum absolute atomic E-state index is 13.4. The van der Waals surface area contributed by atoms with Crippen LogP contribution in [0.4, 0.5) is 5.69 Å². The van der Waals surface area contributed by atoms with Crippen LogP contribution in [0, 0.1) is 6.92 Å². The third-order valence-corrected chi connectivity index (χ3v) is 7.58. The van der Waals surface area contributed by atoms with Crippen LogP contribution in [0.25, 0.3) is 0 Å². The highest BCUT2D eigenvalue weighted by molar-refractivity contribution is 7.92. The summed E-state index contributed by atoms with van der Waals surface area (Å²) < 4.78 is 33.9. The number of anilines is 1. The van der Waals surface area contributed by atoms with E-state index in [4.69, 9.17) is 4.74 Å². The van der Waals surface area contributed by atoms with E-state index in [0.717, 1.165) is 31.6 Å². The Morgan fingerprint density at radius 1 is 1.10 bits per heavy atom. The summed E-state index contributed by atoms with van der Waals surface area (Å²) in [4.78, 5) is 15.4. The molecule has 1 atom stereocenters. The monoisotopic (exact) mass is 443 g/mol. The Morgan fingerprint density at radius 2 is 1.81 bits per heavy atom. The first-order valence-corrected chi connectivity index (χ1v) is 12.2. The smallest absolute Gasteiger partial charge is 0.264 e. The average molecular weight is 444 g/mol. The third kappa shape index (κ3) is 4.85. The van der Waals surface area contributed by atoms with Crippen LogP contribution in [-0.4, -0.2) is 58.1 Å². The highest BCUT2D eigenvalue weighted by atomic mass is 32.2. The molecule has 1 saturated heterocycles. The minimum Gasteiger partial charge on any atom is -0.476 e. The molecular formula is C23H29N3O4S. The first-order chi connectivity index (χ1) is 14.9. The minimum atomic E-state index is -3.83. The van der Waals surface area contributed by atoms with E-state index >= 15 is 0 Å². The van der Waals surface area contributed by atoms with Gasteiger partial charge in [-0.3, -0.25) is 9.10 Å². The number of likely N-dealkylation sites (tertiary alicyclic amines) is 1. The molecule has 0 radical (unpaired) electrons. The van der Waals surface area contributed by atoms with Gasteiger partial charge in [0.15, 0.2) is 6.10 Å². The zero-order valence-corrected chi connectivity index (χ0v) is 18.6. The zero-order valence-electron chi connectivity index (χ0n) is 17.8. The van der Waals surface area contributed by atoms with Crippen molar-refractivity contribution >= 4 is 21.6 Å². The second-order valence-corrected chi connectivity index (χ2v) is 9.98. The molecule has 166 valence electrons. The van der Waals surface area contributed by atoms with Gasteiger partial charge in [-0.2, -0.15) is 0 Å².